The summed E-state index contributed by atoms with van der Waals surface area (Å²) in [5.41, 5.74) is 0. The zero-order chi connectivity index (χ0) is 9.28. The minimum absolute atomic E-state index is 0.0752. The molecule has 1 atom stereocenters. The van der Waals surface area contributed by atoms with Crippen LogP contribution in [0, 0.1) is 0 Å². The summed E-state index contributed by atoms with van der Waals surface area (Å²) in [6.07, 6.45) is 0.0752. The molecule has 0 amide bonds. The summed E-state index contributed by atoms with van der Waals surface area (Å²) in [4.78, 5) is 0. The van der Waals surface area contributed by atoms with Gasteiger partial charge in [-0.25, -0.2) is 0 Å². The number of aliphatic hydroxyl groups is 1. The van der Waals surface area contributed by atoms with Crippen molar-refractivity contribution < 1.29 is 5.11 Å². The summed E-state index contributed by atoms with van der Waals surface area (Å²) in [7, 11) is -2.39. The Kier molecular flexibility index (Phi) is 2.90. The van der Waals surface area contributed by atoms with Gasteiger partial charge in [0.2, 0.25) is 0 Å². The Balaban J connectivity index is 4.45. The normalized spacial score (nSPS) is 18.4. The van der Waals surface area contributed by atoms with Crippen molar-refractivity contribution >= 4 is 15.8 Å². The minimum Gasteiger partial charge on any atom is -0.393 e. The van der Waals surface area contributed by atoms with E-state index in [0.717, 1.165) is 0 Å². The molecule has 0 aliphatic carbocycles. The summed E-state index contributed by atoms with van der Waals surface area (Å²) in [5.74, 6) is 0. The molecule has 0 saturated carbocycles. The molecule has 0 heterocycles. The third-order valence-electron chi connectivity index (χ3n) is 2.30. The summed E-state index contributed by atoms with van der Waals surface area (Å²) in [6, 6.07) is 0. The van der Waals surface area contributed by atoms with Gasteiger partial charge in [0.15, 0.2) is 0 Å². The van der Waals surface area contributed by atoms with Crippen LogP contribution in [0.4, 0.5) is 0 Å². The SMILES string of the molecule is [3H]P(CO)[Si](C)(C)C(C)(C)C. The van der Waals surface area contributed by atoms with Crippen molar-refractivity contribution in [2.45, 2.75) is 38.9 Å². The Bertz CT molecular complexity index is 133. The molecule has 3 heteroatoms. The van der Waals surface area contributed by atoms with E-state index < -0.39 is 15.8 Å². The molecule has 0 bridgehead atoms. The van der Waals surface area contributed by atoms with Gasteiger partial charge in [0, 0.05) is 0 Å². The summed E-state index contributed by atoms with van der Waals surface area (Å²) in [6.45, 7) is 10.9. The Morgan fingerprint density at radius 3 is 2.00 bits per heavy atom. The van der Waals surface area contributed by atoms with Crippen molar-refractivity contribution in [3.8, 4) is 0 Å². The average Bonchev–Trinajstić information content (AvgIpc) is 1.83. The van der Waals surface area contributed by atoms with Gasteiger partial charge >= 0.3 is 0 Å². The van der Waals surface area contributed by atoms with Crippen LogP contribution in [0.5, 0.6) is 0 Å². The second-order valence-corrected chi connectivity index (χ2v) is 13.6. The molecule has 1 unspecified atom stereocenters. The van der Waals surface area contributed by atoms with Crippen LogP contribution in [0.25, 0.3) is 0 Å². The quantitative estimate of drug-likeness (QED) is 0.511. The molecular weight excluding hydrogens is 159 g/mol. The average molecular weight is 180 g/mol. The Morgan fingerprint density at radius 1 is 1.50 bits per heavy atom. The highest BCUT2D eigenvalue weighted by molar-refractivity contribution is 7.81. The molecule has 10 heavy (non-hydrogen) atoms. The molecule has 0 aliphatic heterocycles. The standard InChI is InChI=1S/C7H19OPSi/c1-7(2,3)10(4,5)9-6-8/h8-9H,6H2,1-5H3/i9T. The molecule has 0 rings (SSSR count). The summed E-state index contributed by atoms with van der Waals surface area (Å²) >= 11 is 0. The zero-order valence-electron chi connectivity index (χ0n) is 8.60. The second kappa shape index (κ2) is 3.34. The van der Waals surface area contributed by atoms with Crippen molar-refractivity contribution in [3.63, 3.8) is 0 Å². The van der Waals surface area contributed by atoms with Crippen LogP contribution in [0.15, 0.2) is 0 Å². The molecule has 0 aliphatic rings. The van der Waals surface area contributed by atoms with Crippen molar-refractivity contribution in [2.75, 3.05) is 6.35 Å². The monoisotopic (exact) mass is 180 g/mol. The Morgan fingerprint density at radius 2 is 1.90 bits per heavy atom. The third kappa shape index (κ3) is 2.69. The van der Waals surface area contributed by atoms with Gasteiger partial charge in [-0.1, -0.05) is 33.9 Å². The molecule has 62 valence electrons. The fourth-order valence-electron chi connectivity index (χ4n) is 0.414. The van der Waals surface area contributed by atoms with E-state index >= 15 is 0 Å². The smallest absolute Gasteiger partial charge is 0.0797 e. The van der Waals surface area contributed by atoms with Gasteiger partial charge < -0.3 is 5.11 Å². The predicted molar refractivity (Wildman–Crippen MR) is 52.6 cm³/mol. The maximum absolute atomic E-state index is 8.91. The molecule has 1 N–H and O–H groups in total. The fraction of sp³-hybridized carbons (Fsp3) is 1.00. The van der Waals surface area contributed by atoms with E-state index in [-0.39, 0.29) is 11.4 Å². The van der Waals surface area contributed by atoms with Gasteiger partial charge in [0.1, 0.15) is 0 Å². The lowest BCUT2D eigenvalue weighted by molar-refractivity contribution is 0.373. The van der Waals surface area contributed by atoms with Crippen LogP contribution in [-0.4, -0.2) is 20.5 Å². The van der Waals surface area contributed by atoms with Crippen LogP contribution >= 0.6 is 8.07 Å². The van der Waals surface area contributed by atoms with E-state index in [1.165, 1.54) is 0 Å². The fourth-order valence-corrected chi connectivity index (χ4v) is 3.73. The van der Waals surface area contributed by atoms with Gasteiger partial charge in [-0.15, -0.1) is 8.07 Å². The second-order valence-electron chi connectivity index (χ2n) is 4.11. The topological polar surface area (TPSA) is 20.2 Å². The first-order valence-electron chi connectivity index (χ1n) is 4.05. The maximum atomic E-state index is 8.91. The summed E-state index contributed by atoms with van der Waals surface area (Å²) in [5, 5.41) is 9.15. The van der Waals surface area contributed by atoms with Gasteiger partial charge in [-0.05, 0) is 5.04 Å². The molecule has 0 radical (unpaired) electrons. The summed E-state index contributed by atoms with van der Waals surface area (Å²) < 4.78 is 7.76. The molecular formula is C7H19OPSi. The number of hydrogen-bond donors (Lipinski definition) is 1. The van der Waals surface area contributed by atoms with Gasteiger partial charge in [-0.3, -0.25) is 0 Å². The third-order valence-corrected chi connectivity index (χ3v) is 11.7. The lowest BCUT2D eigenvalue weighted by Gasteiger charge is -2.36. The first-order chi connectivity index (χ1) is 4.73. The largest absolute Gasteiger partial charge is 0.393 e. The lowest BCUT2D eigenvalue weighted by atomic mass is 10.2. The maximum Gasteiger partial charge on any atom is 0.0797 e. The van der Waals surface area contributed by atoms with Crippen LogP contribution in [0.2, 0.25) is 18.1 Å². The number of rotatable bonds is 2. The van der Waals surface area contributed by atoms with Crippen molar-refractivity contribution in [1.29, 1.82) is 1.28 Å². The van der Waals surface area contributed by atoms with Gasteiger partial charge in [-0.2, -0.15) is 0 Å². The minimum atomic E-state index is -1.53. The van der Waals surface area contributed by atoms with E-state index in [4.69, 9.17) is 6.39 Å². The Labute approximate surface area is 68.2 Å². The molecule has 0 spiro atoms. The van der Waals surface area contributed by atoms with E-state index in [0.29, 0.717) is 0 Å². The lowest BCUT2D eigenvalue weighted by Crippen LogP contribution is -2.32. The Hall–Kier alpha value is 0.607. The zero-order valence-corrected chi connectivity index (χ0v) is 9.50. The van der Waals surface area contributed by atoms with Crippen LogP contribution in [-0.2, 0) is 0 Å². The van der Waals surface area contributed by atoms with Crippen LogP contribution in [0.3, 0.4) is 0 Å². The molecule has 0 saturated heterocycles. The van der Waals surface area contributed by atoms with E-state index in [1.54, 1.807) is 0 Å². The van der Waals surface area contributed by atoms with Crippen LogP contribution < -0.4 is 0 Å². The highest BCUT2D eigenvalue weighted by Crippen LogP contribution is 2.46. The van der Waals surface area contributed by atoms with Gasteiger partial charge in [0.25, 0.3) is 0 Å². The molecule has 0 aromatic heterocycles. The van der Waals surface area contributed by atoms with E-state index in [2.05, 4.69) is 33.9 Å². The van der Waals surface area contributed by atoms with E-state index in [1.807, 2.05) is 0 Å². The first kappa shape index (κ1) is 8.70. The highest BCUT2D eigenvalue weighted by Gasteiger charge is 2.34. The van der Waals surface area contributed by atoms with Crippen molar-refractivity contribution in [3.05, 3.63) is 0 Å². The molecule has 0 aromatic rings. The number of aliphatic hydroxyl groups excluding tert-OH is 1. The molecule has 0 fully saturated rings. The predicted octanol–water partition coefficient (Wildman–Crippen LogP) is 2.62. The van der Waals surface area contributed by atoms with Crippen LogP contribution in [0.1, 0.15) is 20.8 Å². The number of hydrogen-bond acceptors (Lipinski definition) is 1. The van der Waals surface area contributed by atoms with Crippen molar-refractivity contribution in [2.24, 2.45) is 0 Å². The highest BCUT2D eigenvalue weighted by atomic mass is 31.3. The first-order valence-corrected chi connectivity index (χ1v) is 8.53. The van der Waals surface area contributed by atoms with Gasteiger partial charge in [0.05, 0.1) is 15.4 Å². The van der Waals surface area contributed by atoms with Crippen molar-refractivity contribution in [1.82, 2.24) is 0 Å². The molecule has 0 aromatic carbocycles. The molecule has 1 nitrogen and oxygen atoms in total. The van der Waals surface area contributed by atoms with E-state index in [9.17, 15) is 0 Å².